The quantitative estimate of drug-likeness (QED) is 0.741. The lowest BCUT2D eigenvalue weighted by molar-refractivity contribution is 0.203. The van der Waals surface area contributed by atoms with Crippen molar-refractivity contribution in [3.8, 4) is 0 Å². The Morgan fingerprint density at radius 3 is 2.81 bits per heavy atom. The summed E-state index contributed by atoms with van der Waals surface area (Å²) in [6, 6.07) is 5.86. The van der Waals surface area contributed by atoms with Crippen LogP contribution in [0.25, 0.3) is 0 Å². The Morgan fingerprint density at radius 2 is 2.11 bits per heavy atom. The van der Waals surface area contributed by atoms with Gasteiger partial charge in [-0.15, -0.1) is 0 Å². The van der Waals surface area contributed by atoms with Gasteiger partial charge < -0.3 is 9.63 Å². The van der Waals surface area contributed by atoms with Crippen LogP contribution in [-0.4, -0.2) is 41.3 Å². The van der Waals surface area contributed by atoms with E-state index in [2.05, 4.69) is 34.1 Å². The highest BCUT2D eigenvalue weighted by Gasteiger charge is 2.23. The van der Waals surface area contributed by atoms with Gasteiger partial charge in [0.1, 0.15) is 11.9 Å². The highest BCUT2D eigenvalue weighted by molar-refractivity contribution is 5.22. The van der Waals surface area contributed by atoms with Gasteiger partial charge in [-0.2, -0.15) is 10.2 Å². The number of hydrogen-bond acceptors (Lipinski definition) is 6. The topological polar surface area (TPSA) is 85.1 Å². The molecule has 4 heterocycles. The average molecular weight is 370 g/mol. The molecule has 0 bridgehead atoms. The Labute approximate surface area is 158 Å². The zero-order valence-electron chi connectivity index (χ0n) is 16.0. The molecule has 8 nitrogen and oxygen atoms in total. The van der Waals surface area contributed by atoms with Crippen LogP contribution in [0.5, 0.6) is 0 Å². The standard InChI is InChI=1S/C19H26N6O2/c1-13(2)18-9-14(22-27-18)11-24-7-4-8-25-15(12-24)10-16(21-25)19(26)17-5-6-20-23(17)3/h5-6,9-10,13,19,26H,4,7-8,11-12H2,1-3H3/t19-/m0/s1. The van der Waals surface area contributed by atoms with Crippen molar-refractivity contribution in [2.45, 2.75) is 51.9 Å². The third kappa shape index (κ3) is 3.68. The Balaban J connectivity index is 1.50. The number of aryl methyl sites for hydroxylation is 2. The normalized spacial score (nSPS) is 16.5. The van der Waals surface area contributed by atoms with Gasteiger partial charge in [0.05, 0.1) is 22.8 Å². The summed E-state index contributed by atoms with van der Waals surface area (Å²) in [4.78, 5) is 2.35. The monoisotopic (exact) mass is 370 g/mol. The van der Waals surface area contributed by atoms with Crippen LogP contribution in [-0.2, 0) is 26.7 Å². The van der Waals surface area contributed by atoms with Crippen molar-refractivity contribution in [2.75, 3.05) is 6.54 Å². The number of rotatable bonds is 5. The van der Waals surface area contributed by atoms with Crippen LogP contribution in [0.4, 0.5) is 0 Å². The average Bonchev–Trinajstić information content (AvgIpc) is 3.33. The van der Waals surface area contributed by atoms with E-state index in [9.17, 15) is 5.11 Å². The van der Waals surface area contributed by atoms with Gasteiger partial charge in [0.15, 0.2) is 0 Å². The van der Waals surface area contributed by atoms with Gasteiger partial charge in [0.25, 0.3) is 0 Å². The molecule has 27 heavy (non-hydrogen) atoms. The van der Waals surface area contributed by atoms with Crippen molar-refractivity contribution in [1.29, 1.82) is 0 Å². The highest BCUT2D eigenvalue weighted by Crippen LogP contribution is 2.24. The van der Waals surface area contributed by atoms with E-state index in [-0.39, 0.29) is 0 Å². The Bertz CT molecular complexity index is 909. The third-order valence-corrected chi connectivity index (χ3v) is 5.06. The summed E-state index contributed by atoms with van der Waals surface area (Å²) in [6.45, 7) is 7.55. The van der Waals surface area contributed by atoms with E-state index in [1.807, 2.05) is 29.9 Å². The first kappa shape index (κ1) is 17.9. The lowest BCUT2D eigenvalue weighted by Gasteiger charge is -2.17. The van der Waals surface area contributed by atoms with Crippen molar-refractivity contribution < 1.29 is 9.63 Å². The van der Waals surface area contributed by atoms with Gasteiger partial charge in [-0.3, -0.25) is 14.3 Å². The summed E-state index contributed by atoms with van der Waals surface area (Å²) >= 11 is 0. The van der Waals surface area contributed by atoms with Crippen molar-refractivity contribution >= 4 is 0 Å². The molecule has 0 spiro atoms. The maximum atomic E-state index is 10.7. The number of fused-ring (bicyclic) bond motifs is 1. The fourth-order valence-corrected chi connectivity index (χ4v) is 3.53. The van der Waals surface area contributed by atoms with Crippen LogP contribution in [0.3, 0.4) is 0 Å². The molecular weight excluding hydrogens is 344 g/mol. The molecule has 3 aromatic rings. The van der Waals surface area contributed by atoms with Crippen LogP contribution < -0.4 is 0 Å². The molecule has 0 unspecified atom stereocenters. The van der Waals surface area contributed by atoms with Gasteiger partial charge in [0, 0.05) is 51.4 Å². The van der Waals surface area contributed by atoms with Gasteiger partial charge >= 0.3 is 0 Å². The van der Waals surface area contributed by atoms with E-state index in [1.165, 1.54) is 0 Å². The van der Waals surface area contributed by atoms with Crippen molar-refractivity contribution in [3.05, 3.63) is 52.9 Å². The molecule has 0 fully saturated rings. The minimum absolute atomic E-state index is 0.341. The molecule has 1 N–H and O–H groups in total. The second kappa shape index (κ2) is 7.28. The summed E-state index contributed by atoms with van der Waals surface area (Å²) in [5.41, 5.74) is 3.47. The lowest BCUT2D eigenvalue weighted by Crippen LogP contribution is -2.22. The number of aliphatic hydroxyl groups is 1. The Kier molecular flexibility index (Phi) is 4.84. The molecule has 0 saturated carbocycles. The number of hydrogen-bond donors (Lipinski definition) is 1. The summed E-state index contributed by atoms with van der Waals surface area (Å²) in [7, 11) is 1.82. The number of aromatic nitrogens is 5. The van der Waals surface area contributed by atoms with E-state index >= 15 is 0 Å². The van der Waals surface area contributed by atoms with Gasteiger partial charge in [-0.1, -0.05) is 19.0 Å². The lowest BCUT2D eigenvalue weighted by atomic mass is 10.1. The maximum Gasteiger partial charge on any atom is 0.139 e. The minimum atomic E-state index is -0.769. The SMILES string of the molecule is CC(C)c1cc(CN2CCCn3nc([C@H](O)c4ccnn4C)cc3C2)no1. The van der Waals surface area contributed by atoms with E-state index in [1.54, 1.807) is 10.9 Å². The predicted molar refractivity (Wildman–Crippen MR) is 98.8 cm³/mol. The molecule has 0 radical (unpaired) electrons. The summed E-state index contributed by atoms with van der Waals surface area (Å²) < 4.78 is 9.11. The summed E-state index contributed by atoms with van der Waals surface area (Å²) in [5.74, 6) is 1.26. The highest BCUT2D eigenvalue weighted by atomic mass is 16.5. The Morgan fingerprint density at radius 1 is 1.26 bits per heavy atom. The van der Waals surface area contributed by atoms with Crippen LogP contribution in [0.1, 0.15) is 60.8 Å². The fourth-order valence-electron chi connectivity index (χ4n) is 3.53. The first-order chi connectivity index (χ1) is 13.0. The van der Waals surface area contributed by atoms with Crippen molar-refractivity contribution in [2.24, 2.45) is 7.05 Å². The molecule has 0 saturated heterocycles. The van der Waals surface area contributed by atoms with Crippen LogP contribution in [0, 0.1) is 0 Å². The number of aliphatic hydroxyl groups excluding tert-OH is 1. The van der Waals surface area contributed by atoms with Gasteiger partial charge in [-0.05, 0) is 18.6 Å². The first-order valence-electron chi connectivity index (χ1n) is 9.41. The second-order valence-corrected chi connectivity index (χ2v) is 7.51. The van der Waals surface area contributed by atoms with Gasteiger partial charge in [-0.25, -0.2) is 0 Å². The summed E-state index contributed by atoms with van der Waals surface area (Å²) in [6.07, 6.45) is 1.92. The molecule has 8 heteroatoms. The zero-order chi connectivity index (χ0) is 19.0. The zero-order valence-corrected chi connectivity index (χ0v) is 16.0. The van der Waals surface area contributed by atoms with Crippen molar-refractivity contribution in [1.82, 2.24) is 29.6 Å². The first-order valence-corrected chi connectivity index (χ1v) is 9.41. The van der Waals surface area contributed by atoms with E-state index < -0.39 is 6.10 Å². The molecule has 1 aliphatic rings. The molecular formula is C19H26N6O2. The molecule has 0 aromatic carbocycles. The van der Waals surface area contributed by atoms with Crippen LogP contribution in [0.2, 0.25) is 0 Å². The molecule has 1 aliphatic heterocycles. The minimum Gasteiger partial charge on any atom is -0.380 e. The van der Waals surface area contributed by atoms with E-state index in [0.717, 1.165) is 55.4 Å². The maximum absolute atomic E-state index is 10.7. The largest absolute Gasteiger partial charge is 0.380 e. The molecule has 0 aliphatic carbocycles. The summed E-state index contributed by atoms with van der Waals surface area (Å²) in [5, 5.41) is 23.6. The molecule has 1 atom stereocenters. The van der Waals surface area contributed by atoms with E-state index in [0.29, 0.717) is 11.6 Å². The van der Waals surface area contributed by atoms with Gasteiger partial charge in [0.2, 0.25) is 0 Å². The molecule has 0 amide bonds. The molecule has 4 rings (SSSR count). The third-order valence-electron chi connectivity index (χ3n) is 5.06. The van der Waals surface area contributed by atoms with Crippen molar-refractivity contribution in [3.63, 3.8) is 0 Å². The van der Waals surface area contributed by atoms with Crippen LogP contribution >= 0.6 is 0 Å². The fraction of sp³-hybridized carbons (Fsp3) is 0.526. The van der Waals surface area contributed by atoms with Crippen LogP contribution in [0.15, 0.2) is 28.9 Å². The van der Waals surface area contributed by atoms with E-state index in [4.69, 9.17) is 4.52 Å². The smallest absolute Gasteiger partial charge is 0.139 e. The molecule has 3 aromatic heterocycles. The molecule has 144 valence electrons. The number of nitrogens with zero attached hydrogens (tertiary/aromatic N) is 6. The Hall–Kier alpha value is -2.45. The second-order valence-electron chi connectivity index (χ2n) is 7.51. The predicted octanol–water partition coefficient (Wildman–Crippen LogP) is 2.22.